The minimum atomic E-state index is -2.60. The van der Waals surface area contributed by atoms with Crippen LogP contribution in [0.1, 0.15) is 39.4 Å². The molecule has 32 heavy (non-hydrogen) atoms. The summed E-state index contributed by atoms with van der Waals surface area (Å²) in [6.45, 7) is 13.6. The van der Waals surface area contributed by atoms with Gasteiger partial charge < -0.3 is 9.53 Å². The SMILES string of the molecule is C=C[C@H]([C@H](C)CO[Si](c1ccccc1)(c1ccccc1)C(C)(C)C)[C@@H](O)c1ccccc1. The van der Waals surface area contributed by atoms with Crippen LogP contribution in [0, 0.1) is 11.8 Å². The first-order valence-corrected chi connectivity index (χ1v) is 13.3. The molecule has 0 saturated heterocycles. The lowest BCUT2D eigenvalue weighted by molar-refractivity contribution is 0.0827. The minimum absolute atomic E-state index is 0.0723. The maximum atomic E-state index is 11.1. The van der Waals surface area contributed by atoms with Crippen molar-refractivity contribution in [2.75, 3.05) is 6.61 Å². The standard InChI is InChI=1S/C29H36O2Si/c1-6-27(28(30)24-16-10-7-11-17-24)23(2)22-31-32(29(3,4)5,25-18-12-8-13-19-25)26-20-14-9-15-21-26/h6-21,23,27-28,30H,1,22H2,2-5H3/t23-,27-,28+/m1/s1. The third-order valence-electron chi connectivity index (χ3n) is 6.41. The minimum Gasteiger partial charge on any atom is -0.407 e. The molecular weight excluding hydrogens is 408 g/mol. The Morgan fingerprint density at radius 3 is 1.69 bits per heavy atom. The van der Waals surface area contributed by atoms with E-state index in [4.69, 9.17) is 4.43 Å². The highest BCUT2D eigenvalue weighted by Crippen LogP contribution is 2.38. The van der Waals surface area contributed by atoms with Gasteiger partial charge in [0.15, 0.2) is 0 Å². The van der Waals surface area contributed by atoms with E-state index in [1.807, 2.05) is 36.4 Å². The Kier molecular flexibility index (Phi) is 7.89. The summed E-state index contributed by atoms with van der Waals surface area (Å²) in [6.07, 6.45) is 1.27. The van der Waals surface area contributed by atoms with Crippen LogP contribution in [-0.4, -0.2) is 20.0 Å². The second-order valence-corrected chi connectivity index (χ2v) is 13.9. The topological polar surface area (TPSA) is 29.5 Å². The molecule has 0 spiro atoms. The smallest absolute Gasteiger partial charge is 0.261 e. The predicted molar refractivity (Wildman–Crippen MR) is 138 cm³/mol. The van der Waals surface area contributed by atoms with Gasteiger partial charge in [0.2, 0.25) is 0 Å². The Labute approximate surface area is 194 Å². The molecule has 1 N–H and O–H groups in total. The average molecular weight is 445 g/mol. The van der Waals surface area contributed by atoms with Crippen molar-refractivity contribution in [2.45, 2.75) is 38.8 Å². The molecule has 0 aliphatic carbocycles. The third-order valence-corrected chi connectivity index (χ3v) is 11.4. The Morgan fingerprint density at radius 2 is 1.28 bits per heavy atom. The van der Waals surface area contributed by atoms with E-state index < -0.39 is 14.4 Å². The molecule has 168 valence electrons. The molecule has 3 atom stereocenters. The van der Waals surface area contributed by atoms with Crippen LogP contribution in [0.3, 0.4) is 0 Å². The van der Waals surface area contributed by atoms with Crippen molar-refractivity contribution in [3.63, 3.8) is 0 Å². The highest BCUT2D eigenvalue weighted by atomic mass is 28.4. The quantitative estimate of drug-likeness (QED) is 0.337. The van der Waals surface area contributed by atoms with Gasteiger partial charge in [-0.1, -0.05) is 125 Å². The first-order chi connectivity index (χ1) is 15.3. The molecule has 0 bridgehead atoms. The van der Waals surface area contributed by atoms with Crippen molar-refractivity contribution in [1.29, 1.82) is 0 Å². The summed E-state index contributed by atoms with van der Waals surface area (Å²) >= 11 is 0. The summed E-state index contributed by atoms with van der Waals surface area (Å²) in [6, 6.07) is 31.2. The molecule has 0 unspecified atom stereocenters. The van der Waals surface area contributed by atoms with Crippen molar-refractivity contribution in [3.05, 3.63) is 109 Å². The summed E-state index contributed by atoms with van der Waals surface area (Å²) in [5.74, 6) is -0.0000271. The Balaban J connectivity index is 1.96. The molecule has 0 aromatic heterocycles. The zero-order valence-corrected chi connectivity index (χ0v) is 20.7. The predicted octanol–water partition coefficient (Wildman–Crippen LogP) is 5.73. The van der Waals surface area contributed by atoms with Crippen molar-refractivity contribution < 1.29 is 9.53 Å². The number of rotatable bonds is 9. The van der Waals surface area contributed by atoms with Gasteiger partial charge in [-0.25, -0.2) is 0 Å². The lowest BCUT2D eigenvalue weighted by Gasteiger charge is -2.44. The lowest BCUT2D eigenvalue weighted by Crippen LogP contribution is -2.67. The maximum absolute atomic E-state index is 11.1. The highest BCUT2D eigenvalue weighted by molar-refractivity contribution is 6.99. The number of benzene rings is 3. The van der Waals surface area contributed by atoms with E-state index in [0.717, 1.165) is 5.56 Å². The van der Waals surface area contributed by atoms with Gasteiger partial charge in [0.1, 0.15) is 0 Å². The van der Waals surface area contributed by atoms with Gasteiger partial charge in [-0.15, -0.1) is 6.58 Å². The van der Waals surface area contributed by atoms with E-state index in [2.05, 4.69) is 94.9 Å². The average Bonchev–Trinajstić information content (AvgIpc) is 2.81. The molecular formula is C29H36O2Si. The summed E-state index contributed by atoms with van der Waals surface area (Å²) in [5, 5.41) is 13.5. The zero-order valence-electron chi connectivity index (χ0n) is 19.7. The van der Waals surface area contributed by atoms with Gasteiger partial charge in [0, 0.05) is 12.5 Å². The zero-order chi connectivity index (χ0) is 23.2. The molecule has 2 nitrogen and oxygen atoms in total. The molecule has 3 aromatic carbocycles. The van der Waals surface area contributed by atoms with Crippen LogP contribution < -0.4 is 10.4 Å². The van der Waals surface area contributed by atoms with E-state index in [1.165, 1.54) is 10.4 Å². The Morgan fingerprint density at radius 1 is 0.844 bits per heavy atom. The van der Waals surface area contributed by atoms with Gasteiger partial charge in [-0.2, -0.15) is 0 Å². The normalized spacial score (nSPS) is 15.0. The second-order valence-electron chi connectivity index (χ2n) is 9.62. The maximum Gasteiger partial charge on any atom is 0.261 e. The van der Waals surface area contributed by atoms with Gasteiger partial charge in [-0.05, 0) is 26.9 Å². The molecule has 0 saturated carbocycles. The van der Waals surface area contributed by atoms with E-state index in [1.54, 1.807) is 0 Å². The van der Waals surface area contributed by atoms with Gasteiger partial charge >= 0.3 is 0 Å². The van der Waals surface area contributed by atoms with Crippen LogP contribution >= 0.6 is 0 Å². The molecule has 0 radical (unpaired) electrons. The first kappa shape index (κ1) is 24.2. The number of aliphatic hydroxyl groups excluding tert-OH is 1. The molecule has 0 heterocycles. The van der Waals surface area contributed by atoms with Crippen LogP contribution in [0.25, 0.3) is 0 Å². The first-order valence-electron chi connectivity index (χ1n) is 11.4. The van der Waals surface area contributed by atoms with Crippen LogP contribution in [0.4, 0.5) is 0 Å². The fourth-order valence-electron chi connectivity index (χ4n) is 4.67. The van der Waals surface area contributed by atoms with Gasteiger partial charge in [0.05, 0.1) is 6.10 Å². The summed E-state index contributed by atoms with van der Waals surface area (Å²) < 4.78 is 7.08. The Hall–Kier alpha value is -2.46. The van der Waals surface area contributed by atoms with E-state index in [9.17, 15) is 5.11 Å². The van der Waals surface area contributed by atoms with Crippen LogP contribution in [-0.2, 0) is 4.43 Å². The molecule has 3 aromatic rings. The number of aliphatic hydroxyl groups is 1. The van der Waals surface area contributed by atoms with Crippen LogP contribution in [0.15, 0.2) is 104 Å². The highest BCUT2D eigenvalue weighted by Gasteiger charge is 2.50. The summed E-state index contributed by atoms with van der Waals surface area (Å²) in [5.41, 5.74) is 0.912. The summed E-state index contributed by atoms with van der Waals surface area (Å²) in [7, 11) is -2.60. The molecule has 3 heteroatoms. The monoisotopic (exact) mass is 444 g/mol. The van der Waals surface area contributed by atoms with Crippen LogP contribution in [0.2, 0.25) is 5.04 Å². The van der Waals surface area contributed by atoms with Crippen molar-refractivity contribution in [1.82, 2.24) is 0 Å². The molecule has 0 aliphatic rings. The fraction of sp³-hybridized carbons (Fsp3) is 0.310. The van der Waals surface area contributed by atoms with Crippen molar-refractivity contribution in [3.8, 4) is 0 Å². The van der Waals surface area contributed by atoms with Gasteiger partial charge in [0.25, 0.3) is 8.32 Å². The third kappa shape index (κ3) is 4.96. The second kappa shape index (κ2) is 10.4. The number of hydrogen-bond acceptors (Lipinski definition) is 2. The summed E-state index contributed by atoms with van der Waals surface area (Å²) in [4.78, 5) is 0. The van der Waals surface area contributed by atoms with E-state index in [-0.39, 0.29) is 16.9 Å². The van der Waals surface area contributed by atoms with Crippen molar-refractivity contribution >= 4 is 18.7 Å². The molecule has 0 aliphatic heterocycles. The lowest BCUT2D eigenvalue weighted by atomic mass is 9.86. The fourth-order valence-corrected chi connectivity index (χ4v) is 9.34. The molecule has 3 rings (SSSR count). The van der Waals surface area contributed by atoms with E-state index in [0.29, 0.717) is 6.61 Å². The van der Waals surface area contributed by atoms with Crippen molar-refractivity contribution in [2.24, 2.45) is 11.8 Å². The molecule has 0 fully saturated rings. The Bertz CT molecular complexity index is 925. The largest absolute Gasteiger partial charge is 0.407 e. The van der Waals surface area contributed by atoms with E-state index >= 15 is 0 Å². The number of hydrogen-bond donors (Lipinski definition) is 1. The molecule has 0 amide bonds. The van der Waals surface area contributed by atoms with Gasteiger partial charge in [-0.3, -0.25) is 0 Å². The van der Waals surface area contributed by atoms with Crippen LogP contribution in [0.5, 0.6) is 0 Å².